The van der Waals surface area contributed by atoms with Crippen molar-refractivity contribution in [3.05, 3.63) is 29.3 Å². The lowest BCUT2D eigenvalue weighted by atomic mass is 10.1. The minimum Gasteiger partial charge on any atom is -0.479 e. The number of carboxylic acids is 1. The van der Waals surface area contributed by atoms with Crippen LogP contribution in [0, 0.1) is 6.92 Å². The van der Waals surface area contributed by atoms with Crippen LogP contribution in [0.2, 0.25) is 0 Å². The Morgan fingerprint density at radius 3 is 2.61 bits per heavy atom. The standard InChI is InChI=1S/C14H20O4/c1-4-5-12(14(16)17)18-13-8-9(2)6-7-11(13)10(3)15/h6-8,10,12,15H,4-5H2,1-3H3,(H,16,17)/t10-,12?/m0/s1. The highest BCUT2D eigenvalue weighted by Crippen LogP contribution is 2.27. The van der Waals surface area contributed by atoms with Crippen molar-refractivity contribution in [2.45, 2.75) is 45.8 Å². The zero-order valence-electron chi connectivity index (χ0n) is 11.0. The molecule has 18 heavy (non-hydrogen) atoms. The molecule has 0 saturated carbocycles. The molecule has 0 heterocycles. The summed E-state index contributed by atoms with van der Waals surface area (Å²) < 4.78 is 5.53. The molecule has 1 rings (SSSR count). The summed E-state index contributed by atoms with van der Waals surface area (Å²) in [5.74, 6) is -0.527. The zero-order chi connectivity index (χ0) is 13.7. The number of hydrogen-bond acceptors (Lipinski definition) is 3. The van der Waals surface area contributed by atoms with E-state index < -0.39 is 18.2 Å². The first kappa shape index (κ1) is 14.5. The zero-order valence-corrected chi connectivity index (χ0v) is 11.0. The number of hydrogen-bond donors (Lipinski definition) is 2. The van der Waals surface area contributed by atoms with Crippen LogP contribution >= 0.6 is 0 Å². The monoisotopic (exact) mass is 252 g/mol. The Balaban J connectivity index is 3.00. The maximum atomic E-state index is 11.1. The molecule has 0 aliphatic heterocycles. The van der Waals surface area contributed by atoms with E-state index in [0.717, 1.165) is 12.0 Å². The molecular formula is C14H20O4. The van der Waals surface area contributed by atoms with Gasteiger partial charge in [-0.3, -0.25) is 0 Å². The third kappa shape index (κ3) is 3.74. The Morgan fingerprint density at radius 1 is 1.44 bits per heavy atom. The van der Waals surface area contributed by atoms with Gasteiger partial charge in [0.1, 0.15) is 5.75 Å². The topological polar surface area (TPSA) is 66.8 Å². The molecule has 0 saturated heterocycles. The molecule has 4 nitrogen and oxygen atoms in total. The number of aliphatic carboxylic acids is 1. The Labute approximate surface area is 107 Å². The summed E-state index contributed by atoms with van der Waals surface area (Å²) in [7, 11) is 0. The van der Waals surface area contributed by atoms with Crippen LogP contribution in [0.1, 0.15) is 43.9 Å². The number of carboxylic acid groups (broad SMARTS) is 1. The number of aliphatic hydroxyl groups excluding tert-OH is 1. The second kappa shape index (κ2) is 6.40. The van der Waals surface area contributed by atoms with Crippen molar-refractivity contribution >= 4 is 5.97 Å². The number of aliphatic hydroxyl groups is 1. The summed E-state index contributed by atoms with van der Waals surface area (Å²) in [6.45, 7) is 5.44. The molecule has 0 aromatic heterocycles. The lowest BCUT2D eigenvalue weighted by Gasteiger charge is -2.19. The first-order valence-corrected chi connectivity index (χ1v) is 6.13. The first-order chi connectivity index (χ1) is 8.45. The maximum Gasteiger partial charge on any atom is 0.344 e. The summed E-state index contributed by atoms with van der Waals surface area (Å²) in [6, 6.07) is 5.39. The van der Waals surface area contributed by atoms with E-state index in [1.807, 2.05) is 19.9 Å². The molecule has 1 aromatic rings. The molecule has 2 atom stereocenters. The molecule has 0 radical (unpaired) electrons. The lowest BCUT2D eigenvalue weighted by Crippen LogP contribution is -2.27. The van der Waals surface area contributed by atoms with Gasteiger partial charge in [-0.15, -0.1) is 0 Å². The molecule has 2 N–H and O–H groups in total. The molecule has 1 unspecified atom stereocenters. The summed E-state index contributed by atoms with van der Waals surface area (Å²) in [4.78, 5) is 11.1. The van der Waals surface area contributed by atoms with Crippen molar-refractivity contribution in [2.24, 2.45) is 0 Å². The smallest absolute Gasteiger partial charge is 0.344 e. The van der Waals surface area contributed by atoms with Crippen LogP contribution in [-0.2, 0) is 4.79 Å². The first-order valence-electron chi connectivity index (χ1n) is 6.13. The van der Waals surface area contributed by atoms with Gasteiger partial charge >= 0.3 is 5.97 Å². The summed E-state index contributed by atoms with van der Waals surface area (Å²) >= 11 is 0. The van der Waals surface area contributed by atoms with E-state index in [9.17, 15) is 9.90 Å². The van der Waals surface area contributed by atoms with Crippen molar-refractivity contribution in [3.8, 4) is 5.75 Å². The van der Waals surface area contributed by atoms with Crippen molar-refractivity contribution in [2.75, 3.05) is 0 Å². The summed E-state index contributed by atoms with van der Waals surface area (Å²) in [5.41, 5.74) is 1.58. The highest BCUT2D eigenvalue weighted by atomic mass is 16.5. The van der Waals surface area contributed by atoms with E-state index in [1.54, 1.807) is 19.1 Å². The van der Waals surface area contributed by atoms with Gasteiger partial charge in [-0.05, 0) is 31.9 Å². The number of aryl methyl sites for hydroxylation is 1. The maximum absolute atomic E-state index is 11.1. The molecule has 0 spiro atoms. The van der Waals surface area contributed by atoms with E-state index in [2.05, 4.69) is 0 Å². The molecule has 4 heteroatoms. The second-order valence-corrected chi connectivity index (χ2v) is 4.45. The fraction of sp³-hybridized carbons (Fsp3) is 0.500. The fourth-order valence-electron chi connectivity index (χ4n) is 1.74. The molecule has 0 aliphatic rings. The highest BCUT2D eigenvalue weighted by Gasteiger charge is 2.20. The van der Waals surface area contributed by atoms with Crippen LogP contribution in [-0.4, -0.2) is 22.3 Å². The largest absolute Gasteiger partial charge is 0.479 e. The van der Waals surface area contributed by atoms with Gasteiger partial charge in [0, 0.05) is 5.56 Å². The second-order valence-electron chi connectivity index (χ2n) is 4.45. The van der Waals surface area contributed by atoms with Gasteiger partial charge in [0.2, 0.25) is 0 Å². The Kier molecular flexibility index (Phi) is 5.16. The number of benzene rings is 1. The summed E-state index contributed by atoms with van der Waals surface area (Å²) in [5, 5.41) is 18.7. The minimum absolute atomic E-state index is 0.447. The number of ether oxygens (including phenoxy) is 1. The number of carbonyl (C=O) groups is 1. The van der Waals surface area contributed by atoms with E-state index in [-0.39, 0.29) is 0 Å². The average Bonchev–Trinajstić information content (AvgIpc) is 2.28. The quantitative estimate of drug-likeness (QED) is 0.816. The highest BCUT2D eigenvalue weighted by molar-refractivity contribution is 5.72. The lowest BCUT2D eigenvalue weighted by molar-refractivity contribution is -0.145. The van der Waals surface area contributed by atoms with Crippen LogP contribution in [0.4, 0.5) is 0 Å². The SMILES string of the molecule is CCCC(Oc1cc(C)ccc1[C@H](C)O)C(=O)O. The van der Waals surface area contributed by atoms with E-state index >= 15 is 0 Å². The molecule has 0 aliphatic carbocycles. The van der Waals surface area contributed by atoms with Crippen LogP contribution in [0.15, 0.2) is 18.2 Å². The Hall–Kier alpha value is -1.55. The fourth-order valence-corrected chi connectivity index (χ4v) is 1.74. The van der Waals surface area contributed by atoms with Crippen molar-refractivity contribution in [1.29, 1.82) is 0 Å². The van der Waals surface area contributed by atoms with E-state index in [1.165, 1.54) is 0 Å². The molecule has 1 aromatic carbocycles. The van der Waals surface area contributed by atoms with Gasteiger partial charge in [-0.1, -0.05) is 25.5 Å². The molecule has 0 fully saturated rings. The Bertz CT molecular complexity index is 412. The van der Waals surface area contributed by atoms with Gasteiger partial charge in [0.15, 0.2) is 6.10 Å². The van der Waals surface area contributed by atoms with Gasteiger partial charge in [0.25, 0.3) is 0 Å². The van der Waals surface area contributed by atoms with Crippen molar-refractivity contribution in [1.82, 2.24) is 0 Å². The van der Waals surface area contributed by atoms with Crippen LogP contribution in [0.3, 0.4) is 0 Å². The normalized spacial score (nSPS) is 14.0. The summed E-state index contributed by atoms with van der Waals surface area (Å²) in [6.07, 6.45) is -0.374. The molecule has 0 bridgehead atoms. The van der Waals surface area contributed by atoms with E-state index in [0.29, 0.717) is 17.7 Å². The minimum atomic E-state index is -0.977. The van der Waals surface area contributed by atoms with Gasteiger partial charge in [-0.2, -0.15) is 0 Å². The van der Waals surface area contributed by atoms with Gasteiger partial charge in [-0.25, -0.2) is 4.79 Å². The van der Waals surface area contributed by atoms with Crippen LogP contribution in [0.5, 0.6) is 5.75 Å². The number of rotatable bonds is 6. The van der Waals surface area contributed by atoms with Crippen molar-refractivity contribution < 1.29 is 19.7 Å². The van der Waals surface area contributed by atoms with Crippen molar-refractivity contribution in [3.63, 3.8) is 0 Å². The third-order valence-corrected chi connectivity index (χ3v) is 2.71. The van der Waals surface area contributed by atoms with Gasteiger partial charge in [0.05, 0.1) is 6.10 Å². The molecule has 100 valence electrons. The molecular weight excluding hydrogens is 232 g/mol. The molecule has 0 amide bonds. The third-order valence-electron chi connectivity index (χ3n) is 2.71. The predicted octanol–water partition coefficient (Wildman–Crippen LogP) is 2.68. The predicted molar refractivity (Wildman–Crippen MR) is 68.8 cm³/mol. The van der Waals surface area contributed by atoms with E-state index in [4.69, 9.17) is 9.84 Å². The van der Waals surface area contributed by atoms with Gasteiger partial charge < -0.3 is 14.9 Å². The van der Waals surface area contributed by atoms with Crippen LogP contribution in [0.25, 0.3) is 0 Å². The van der Waals surface area contributed by atoms with Crippen LogP contribution < -0.4 is 4.74 Å². The Morgan fingerprint density at radius 2 is 2.11 bits per heavy atom. The average molecular weight is 252 g/mol.